The molecule has 1 amide bonds. The Hall–Kier alpha value is -1.80. The van der Waals surface area contributed by atoms with Crippen molar-refractivity contribution < 1.29 is 4.79 Å². The van der Waals surface area contributed by atoms with Gasteiger partial charge in [0.05, 0.1) is 0 Å². The minimum atomic E-state index is -0.0668. The van der Waals surface area contributed by atoms with Crippen molar-refractivity contribution >= 4 is 53.1 Å². The third kappa shape index (κ3) is 7.61. The number of rotatable bonds is 6. The summed E-state index contributed by atoms with van der Waals surface area (Å²) in [4.78, 5) is 15.2. The molecule has 0 atom stereocenters. The highest BCUT2D eigenvalue weighted by Gasteiger charge is 2.02. The Morgan fingerprint density at radius 1 is 1.08 bits per heavy atom. The molecule has 0 unspecified atom stereocenters. The molecule has 0 heterocycles. The van der Waals surface area contributed by atoms with Crippen LogP contribution in [0.1, 0.15) is 18.1 Å². The lowest BCUT2D eigenvalue weighted by Crippen LogP contribution is -2.37. The van der Waals surface area contributed by atoms with Crippen molar-refractivity contribution in [3.63, 3.8) is 0 Å². The molecule has 0 aromatic heterocycles. The van der Waals surface area contributed by atoms with Gasteiger partial charge in [0.25, 0.3) is 0 Å². The molecule has 0 aliphatic rings. The van der Waals surface area contributed by atoms with Gasteiger partial charge in [-0.05, 0) is 35.7 Å². The van der Waals surface area contributed by atoms with Crippen LogP contribution >= 0.6 is 35.6 Å². The van der Waals surface area contributed by atoms with Crippen LogP contribution < -0.4 is 16.0 Å². The molecule has 7 heteroatoms. The maximum atomic E-state index is 11.0. The normalized spacial score (nSPS) is 10.7. The van der Waals surface area contributed by atoms with Crippen molar-refractivity contribution in [2.24, 2.45) is 4.99 Å². The van der Waals surface area contributed by atoms with E-state index in [2.05, 4.69) is 20.9 Å². The van der Waals surface area contributed by atoms with Gasteiger partial charge in [-0.15, -0.1) is 24.0 Å². The summed E-state index contributed by atoms with van der Waals surface area (Å²) in [5.41, 5.74) is 3.02. The van der Waals surface area contributed by atoms with E-state index in [1.807, 2.05) is 48.5 Å². The van der Waals surface area contributed by atoms with Crippen molar-refractivity contribution in [1.82, 2.24) is 10.6 Å². The highest BCUT2D eigenvalue weighted by Crippen LogP contribution is 2.14. The van der Waals surface area contributed by atoms with Crippen molar-refractivity contribution in [3.05, 3.63) is 64.7 Å². The summed E-state index contributed by atoms with van der Waals surface area (Å²) in [7, 11) is 1.74. The van der Waals surface area contributed by atoms with Gasteiger partial charge >= 0.3 is 0 Å². The summed E-state index contributed by atoms with van der Waals surface area (Å²) in [6.45, 7) is 2.87. The second-order valence-corrected chi connectivity index (χ2v) is 5.98. The zero-order valence-electron chi connectivity index (χ0n) is 14.9. The quantitative estimate of drug-likeness (QED) is 0.330. The van der Waals surface area contributed by atoms with Crippen LogP contribution in [0.5, 0.6) is 0 Å². The monoisotopic (exact) mass is 486 g/mol. The number of amides is 1. The van der Waals surface area contributed by atoms with Crippen LogP contribution in [0.2, 0.25) is 5.02 Å². The van der Waals surface area contributed by atoms with E-state index in [-0.39, 0.29) is 29.9 Å². The average molecular weight is 487 g/mol. The van der Waals surface area contributed by atoms with Gasteiger partial charge < -0.3 is 16.0 Å². The fourth-order valence-corrected chi connectivity index (χ4v) is 2.53. The smallest absolute Gasteiger partial charge is 0.221 e. The number of carbonyl (C=O) groups is 1. The molecular formula is C19H24ClIN4O. The van der Waals surface area contributed by atoms with E-state index < -0.39 is 0 Å². The summed E-state index contributed by atoms with van der Waals surface area (Å²) in [5.74, 6) is 0.664. The topological polar surface area (TPSA) is 65.5 Å². The van der Waals surface area contributed by atoms with Gasteiger partial charge in [-0.1, -0.05) is 41.9 Å². The molecule has 2 aromatic carbocycles. The maximum Gasteiger partial charge on any atom is 0.221 e. The standard InChI is InChI=1S/C19H23ClN4O.HI/c1-14(25)24-17-9-7-15(8-10-17)11-12-22-19(21-2)23-13-16-5-3-4-6-18(16)20;/h3-10H,11-13H2,1-2H3,(H,24,25)(H2,21,22,23);1H. The average Bonchev–Trinajstić information content (AvgIpc) is 2.60. The first-order valence-corrected chi connectivity index (χ1v) is 8.50. The molecule has 3 N–H and O–H groups in total. The van der Waals surface area contributed by atoms with Gasteiger partial charge in [-0.3, -0.25) is 9.79 Å². The lowest BCUT2D eigenvalue weighted by molar-refractivity contribution is -0.114. The van der Waals surface area contributed by atoms with Gasteiger partial charge in [0, 0.05) is 37.8 Å². The first-order chi connectivity index (χ1) is 12.1. The van der Waals surface area contributed by atoms with Gasteiger partial charge in [-0.2, -0.15) is 0 Å². The van der Waals surface area contributed by atoms with E-state index in [4.69, 9.17) is 11.6 Å². The van der Waals surface area contributed by atoms with Crippen LogP contribution in [0.4, 0.5) is 5.69 Å². The highest BCUT2D eigenvalue weighted by molar-refractivity contribution is 14.0. The summed E-state index contributed by atoms with van der Waals surface area (Å²) >= 11 is 6.15. The van der Waals surface area contributed by atoms with E-state index in [0.717, 1.165) is 35.2 Å². The lowest BCUT2D eigenvalue weighted by atomic mass is 10.1. The predicted molar refractivity (Wildman–Crippen MR) is 120 cm³/mol. The number of hydrogen-bond donors (Lipinski definition) is 3. The molecule has 5 nitrogen and oxygen atoms in total. The van der Waals surface area contributed by atoms with Crippen LogP contribution in [0, 0.1) is 0 Å². The first kappa shape index (κ1) is 22.2. The zero-order chi connectivity index (χ0) is 18.1. The summed E-state index contributed by atoms with van der Waals surface area (Å²) in [6, 6.07) is 15.6. The molecule has 0 bridgehead atoms. The second-order valence-electron chi connectivity index (χ2n) is 5.57. The van der Waals surface area contributed by atoms with Crippen LogP contribution in [-0.2, 0) is 17.8 Å². The van der Waals surface area contributed by atoms with Gasteiger partial charge in [0.15, 0.2) is 5.96 Å². The molecule has 140 valence electrons. The Morgan fingerprint density at radius 3 is 2.38 bits per heavy atom. The number of carbonyl (C=O) groups excluding carboxylic acids is 1. The number of halogens is 2. The maximum absolute atomic E-state index is 11.0. The van der Waals surface area contributed by atoms with E-state index in [1.165, 1.54) is 12.5 Å². The fourth-order valence-electron chi connectivity index (χ4n) is 2.32. The Kier molecular flexibility index (Phi) is 10.0. The van der Waals surface area contributed by atoms with Gasteiger partial charge in [0.2, 0.25) is 5.91 Å². The number of benzene rings is 2. The van der Waals surface area contributed by atoms with Crippen LogP contribution in [0.15, 0.2) is 53.5 Å². The largest absolute Gasteiger partial charge is 0.356 e. The van der Waals surface area contributed by atoms with E-state index in [1.54, 1.807) is 7.05 Å². The molecule has 2 rings (SSSR count). The van der Waals surface area contributed by atoms with Crippen molar-refractivity contribution in [2.45, 2.75) is 19.9 Å². The number of guanidine groups is 1. The third-order valence-electron chi connectivity index (χ3n) is 3.61. The molecule has 26 heavy (non-hydrogen) atoms. The summed E-state index contributed by atoms with van der Waals surface area (Å²) in [5, 5.41) is 10.0. The van der Waals surface area contributed by atoms with Crippen molar-refractivity contribution in [3.8, 4) is 0 Å². The Labute approximate surface area is 176 Å². The fraction of sp³-hybridized carbons (Fsp3) is 0.263. The van der Waals surface area contributed by atoms with Gasteiger partial charge in [0.1, 0.15) is 0 Å². The zero-order valence-corrected chi connectivity index (χ0v) is 18.0. The minimum Gasteiger partial charge on any atom is -0.356 e. The first-order valence-electron chi connectivity index (χ1n) is 8.13. The lowest BCUT2D eigenvalue weighted by Gasteiger charge is -2.13. The number of hydrogen-bond acceptors (Lipinski definition) is 2. The number of aliphatic imine (C=N–C) groups is 1. The predicted octanol–water partition coefficient (Wildman–Crippen LogP) is 3.82. The molecule has 0 saturated carbocycles. The molecule has 0 aliphatic carbocycles. The van der Waals surface area contributed by atoms with Crippen molar-refractivity contribution in [2.75, 3.05) is 18.9 Å². The molecule has 0 saturated heterocycles. The SMILES string of the molecule is CN=C(NCCc1ccc(NC(C)=O)cc1)NCc1ccccc1Cl.I. The second kappa shape index (κ2) is 11.7. The third-order valence-corrected chi connectivity index (χ3v) is 3.98. The summed E-state index contributed by atoms with van der Waals surface area (Å²) < 4.78 is 0. The number of nitrogens with zero attached hydrogens (tertiary/aromatic N) is 1. The molecule has 2 aromatic rings. The molecule has 0 spiro atoms. The van der Waals surface area contributed by atoms with Crippen LogP contribution in [-0.4, -0.2) is 25.5 Å². The number of nitrogens with one attached hydrogen (secondary N) is 3. The number of anilines is 1. The van der Waals surface area contributed by atoms with E-state index >= 15 is 0 Å². The van der Waals surface area contributed by atoms with E-state index in [9.17, 15) is 4.79 Å². The molecule has 0 fully saturated rings. The minimum absolute atomic E-state index is 0. The molecule has 0 radical (unpaired) electrons. The van der Waals surface area contributed by atoms with Crippen LogP contribution in [0.3, 0.4) is 0 Å². The Morgan fingerprint density at radius 2 is 1.77 bits per heavy atom. The van der Waals surface area contributed by atoms with Crippen LogP contribution in [0.25, 0.3) is 0 Å². The Bertz CT molecular complexity index is 735. The van der Waals surface area contributed by atoms with Crippen molar-refractivity contribution in [1.29, 1.82) is 0 Å². The highest BCUT2D eigenvalue weighted by atomic mass is 127. The molecule has 0 aliphatic heterocycles. The summed E-state index contributed by atoms with van der Waals surface area (Å²) in [6.07, 6.45) is 0.854. The Balaban J connectivity index is 0.00000338. The van der Waals surface area contributed by atoms with Gasteiger partial charge in [-0.25, -0.2) is 0 Å². The van der Waals surface area contributed by atoms with E-state index in [0.29, 0.717) is 6.54 Å². The molecular weight excluding hydrogens is 463 g/mol.